The summed E-state index contributed by atoms with van der Waals surface area (Å²) >= 11 is 0. The molecule has 1 rings (SSSR count). The van der Waals surface area contributed by atoms with Crippen molar-refractivity contribution >= 4 is 5.97 Å². The number of allylic oxidation sites excluding steroid dienone is 2. The quantitative estimate of drug-likeness (QED) is 0.281. The summed E-state index contributed by atoms with van der Waals surface area (Å²) in [6, 6.07) is 4.75. The third-order valence-electron chi connectivity index (χ3n) is 3.14. The Hall–Kier alpha value is -2.64. The molecule has 1 aromatic rings. The van der Waals surface area contributed by atoms with Gasteiger partial charge < -0.3 is 18.9 Å². The molecule has 26 heavy (non-hydrogen) atoms. The Labute approximate surface area is 150 Å². The first-order valence-corrected chi connectivity index (χ1v) is 7.75. The molecule has 1 aromatic carbocycles. The van der Waals surface area contributed by atoms with Gasteiger partial charge in [0.2, 0.25) is 6.29 Å². The molecule has 0 fully saturated rings. The van der Waals surface area contributed by atoms with Crippen LogP contribution in [0.2, 0.25) is 0 Å². The van der Waals surface area contributed by atoms with E-state index in [4.69, 9.17) is 18.9 Å². The lowest BCUT2D eigenvalue weighted by Crippen LogP contribution is -2.17. The molecule has 0 aliphatic carbocycles. The first-order valence-electron chi connectivity index (χ1n) is 7.75. The summed E-state index contributed by atoms with van der Waals surface area (Å²) in [5, 5.41) is 0. The highest BCUT2D eigenvalue weighted by molar-refractivity contribution is 5.73. The fraction of sp³-hybridized carbons (Fsp3) is 0.389. The number of carbonyl (C=O) groups excluding carboxylic acids is 1. The van der Waals surface area contributed by atoms with Gasteiger partial charge in [0.05, 0.1) is 32.0 Å². The van der Waals surface area contributed by atoms with Gasteiger partial charge in [-0.05, 0) is 13.0 Å². The van der Waals surface area contributed by atoms with Gasteiger partial charge in [-0.25, -0.2) is 0 Å². The molecule has 1 unspecified atom stereocenters. The molecule has 0 heterocycles. The van der Waals surface area contributed by atoms with Crippen LogP contribution in [0.4, 0.5) is 13.2 Å². The van der Waals surface area contributed by atoms with Gasteiger partial charge in [0.25, 0.3) is 0 Å². The van der Waals surface area contributed by atoms with Crippen LogP contribution in [0.25, 0.3) is 0 Å². The monoisotopic (exact) mass is 374 g/mol. The summed E-state index contributed by atoms with van der Waals surface area (Å²) in [7, 11) is 1.45. The molecular formula is C18H21F3O5. The Morgan fingerprint density at radius 2 is 2.04 bits per heavy atom. The Balaban J connectivity index is 2.93. The van der Waals surface area contributed by atoms with Gasteiger partial charge in [-0.15, -0.1) is 0 Å². The summed E-state index contributed by atoms with van der Waals surface area (Å²) in [5.41, 5.74) is -0.547. The number of methoxy groups -OCH3 is 1. The van der Waals surface area contributed by atoms with E-state index in [2.05, 4.69) is 6.58 Å². The molecular weight excluding hydrogens is 353 g/mol. The summed E-state index contributed by atoms with van der Waals surface area (Å²) in [5.74, 6) is 0.241. The molecule has 0 aliphatic rings. The highest BCUT2D eigenvalue weighted by atomic mass is 19.4. The number of alkyl halides is 3. The Morgan fingerprint density at radius 1 is 1.35 bits per heavy atom. The molecule has 5 nitrogen and oxygen atoms in total. The minimum absolute atomic E-state index is 0.0593. The zero-order valence-corrected chi connectivity index (χ0v) is 14.8. The molecule has 0 radical (unpaired) electrons. The molecule has 0 N–H and O–H groups in total. The van der Waals surface area contributed by atoms with Crippen LogP contribution in [0.1, 0.15) is 19.4 Å². The van der Waals surface area contributed by atoms with Crippen molar-refractivity contribution in [2.24, 2.45) is 0 Å². The van der Waals surface area contributed by atoms with Crippen molar-refractivity contribution in [1.82, 2.24) is 0 Å². The lowest BCUT2D eigenvalue weighted by atomic mass is 10.1. The van der Waals surface area contributed by atoms with Crippen LogP contribution in [0.15, 0.2) is 42.7 Å². The van der Waals surface area contributed by atoms with E-state index in [1.807, 2.05) is 0 Å². The van der Waals surface area contributed by atoms with Gasteiger partial charge >= 0.3 is 12.1 Å². The molecule has 0 saturated carbocycles. The molecule has 8 heteroatoms. The lowest BCUT2D eigenvalue weighted by molar-refractivity contribution is -0.142. The number of carbonyl (C=O) groups is 1. The third-order valence-corrected chi connectivity index (χ3v) is 3.14. The van der Waals surface area contributed by atoms with Gasteiger partial charge in [0.1, 0.15) is 11.5 Å². The van der Waals surface area contributed by atoms with E-state index in [9.17, 15) is 18.0 Å². The standard InChI is InChI=1S/C18H21F3O5/c1-5-14(18(19,20)21)11-25-12(3)26-16-10-15(23-4)8-7-13(16)9-17(22)24-6-2/h5,7-8,10-12H,1,6,9H2,2-4H3/b14-11+. The Morgan fingerprint density at radius 3 is 2.58 bits per heavy atom. The van der Waals surface area contributed by atoms with Crippen molar-refractivity contribution in [2.75, 3.05) is 13.7 Å². The summed E-state index contributed by atoms with van der Waals surface area (Å²) in [4.78, 5) is 11.7. The van der Waals surface area contributed by atoms with E-state index >= 15 is 0 Å². The smallest absolute Gasteiger partial charge is 0.419 e. The van der Waals surface area contributed by atoms with Gasteiger partial charge in [-0.3, -0.25) is 4.79 Å². The second kappa shape index (κ2) is 9.74. The molecule has 0 spiro atoms. The van der Waals surface area contributed by atoms with Gasteiger partial charge in [-0.1, -0.05) is 18.7 Å². The summed E-state index contributed by atoms with van der Waals surface area (Å²) in [6.45, 7) is 6.43. The average molecular weight is 374 g/mol. The van der Waals surface area contributed by atoms with Crippen LogP contribution >= 0.6 is 0 Å². The zero-order valence-electron chi connectivity index (χ0n) is 14.8. The highest BCUT2D eigenvalue weighted by Crippen LogP contribution is 2.28. The van der Waals surface area contributed by atoms with Crippen molar-refractivity contribution in [3.8, 4) is 11.5 Å². The largest absolute Gasteiger partial charge is 0.497 e. The van der Waals surface area contributed by atoms with E-state index in [-0.39, 0.29) is 18.8 Å². The van der Waals surface area contributed by atoms with Crippen molar-refractivity contribution in [2.45, 2.75) is 32.7 Å². The Kier molecular flexibility index (Phi) is 8.02. The number of esters is 1. The first kappa shape index (κ1) is 21.4. The van der Waals surface area contributed by atoms with Crippen molar-refractivity contribution < 1.29 is 36.9 Å². The normalized spacial score (nSPS) is 12.9. The van der Waals surface area contributed by atoms with Gasteiger partial charge in [0, 0.05) is 18.6 Å². The molecule has 1 atom stereocenters. The second-order valence-electron chi connectivity index (χ2n) is 5.05. The maximum Gasteiger partial charge on any atom is 0.419 e. The highest BCUT2D eigenvalue weighted by Gasteiger charge is 2.32. The summed E-state index contributed by atoms with van der Waals surface area (Å²) in [6.07, 6.45) is -4.52. The van der Waals surface area contributed by atoms with Crippen LogP contribution in [-0.2, 0) is 20.7 Å². The van der Waals surface area contributed by atoms with E-state index in [0.29, 0.717) is 23.7 Å². The van der Waals surface area contributed by atoms with Crippen LogP contribution < -0.4 is 9.47 Å². The van der Waals surface area contributed by atoms with Crippen molar-refractivity contribution in [3.05, 3.63) is 48.3 Å². The van der Waals surface area contributed by atoms with Crippen LogP contribution in [-0.4, -0.2) is 32.2 Å². The number of halogens is 3. The van der Waals surface area contributed by atoms with E-state index in [0.717, 1.165) is 0 Å². The SMILES string of the molecule is C=C/C(=C\OC(C)Oc1cc(OC)ccc1CC(=O)OCC)C(F)(F)F. The first-order chi connectivity index (χ1) is 12.2. The van der Waals surface area contributed by atoms with Crippen LogP contribution in [0, 0.1) is 0 Å². The average Bonchev–Trinajstić information content (AvgIpc) is 2.56. The minimum Gasteiger partial charge on any atom is -0.497 e. The number of rotatable bonds is 9. The predicted molar refractivity (Wildman–Crippen MR) is 88.8 cm³/mol. The fourth-order valence-corrected chi connectivity index (χ4v) is 1.89. The van der Waals surface area contributed by atoms with E-state index in [1.54, 1.807) is 19.1 Å². The second-order valence-corrected chi connectivity index (χ2v) is 5.05. The topological polar surface area (TPSA) is 54.0 Å². The minimum atomic E-state index is -4.58. The van der Waals surface area contributed by atoms with Gasteiger partial charge in [0.15, 0.2) is 0 Å². The van der Waals surface area contributed by atoms with Crippen molar-refractivity contribution in [1.29, 1.82) is 0 Å². The number of ether oxygens (including phenoxy) is 4. The molecule has 0 aliphatic heterocycles. The molecule has 0 saturated heterocycles. The van der Waals surface area contributed by atoms with Crippen molar-refractivity contribution in [3.63, 3.8) is 0 Å². The molecule has 144 valence electrons. The fourth-order valence-electron chi connectivity index (χ4n) is 1.89. The van der Waals surface area contributed by atoms with E-state index < -0.39 is 24.0 Å². The predicted octanol–water partition coefficient (Wildman–Crippen LogP) is 4.17. The number of benzene rings is 1. The molecule has 0 bridgehead atoms. The number of hydrogen-bond acceptors (Lipinski definition) is 5. The lowest BCUT2D eigenvalue weighted by Gasteiger charge is -2.18. The van der Waals surface area contributed by atoms with E-state index in [1.165, 1.54) is 20.1 Å². The number of hydrogen-bond donors (Lipinski definition) is 0. The van der Waals surface area contributed by atoms with Gasteiger partial charge in [-0.2, -0.15) is 13.2 Å². The summed E-state index contributed by atoms with van der Waals surface area (Å²) < 4.78 is 58.4. The van der Waals surface area contributed by atoms with Crippen LogP contribution in [0.3, 0.4) is 0 Å². The Bertz CT molecular complexity index is 653. The third kappa shape index (κ3) is 6.70. The maximum absolute atomic E-state index is 12.6. The molecule has 0 aromatic heterocycles. The maximum atomic E-state index is 12.6. The van der Waals surface area contributed by atoms with Crippen LogP contribution in [0.5, 0.6) is 11.5 Å². The molecule has 0 amide bonds. The zero-order chi connectivity index (χ0) is 19.7.